The smallest absolute Gasteiger partial charge is 0.268 e. The molecule has 6 heteroatoms. The van der Waals surface area contributed by atoms with E-state index < -0.39 is 17.3 Å². The molecule has 0 aromatic rings. The van der Waals surface area contributed by atoms with Gasteiger partial charge >= 0.3 is 0 Å². The van der Waals surface area contributed by atoms with E-state index in [0.717, 1.165) is 25.7 Å². The largest absolute Gasteiger partial charge is 0.492 e. The van der Waals surface area contributed by atoms with Crippen LogP contribution in [0, 0.1) is 0 Å². The minimum absolute atomic E-state index is 0.0183. The summed E-state index contributed by atoms with van der Waals surface area (Å²) in [6, 6.07) is 0. The van der Waals surface area contributed by atoms with Gasteiger partial charge in [-0.05, 0) is 18.6 Å². The van der Waals surface area contributed by atoms with Crippen LogP contribution in [0.25, 0.3) is 0 Å². The number of methoxy groups -OCH3 is 2. The summed E-state index contributed by atoms with van der Waals surface area (Å²) in [5.74, 6) is -1.42. The number of carbonyl (C=O) groups is 3. The van der Waals surface area contributed by atoms with Crippen LogP contribution in [0.3, 0.4) is 0 Å². The third kappa shape index (κ3) is 4.26. The Morgan fingerprint density at radius 1 is 0.880 bits per heavy atom. The van der Waals surface area contributed by atoms with Crippen molar-refractivity contribution in [3.63, 3.8) is 0 Å². The molecule has 0 amide bonds. The Morgan fingerprint density at radius 2 is 1.52 bits per heavy atom. The standard InChI is InChI=1S/C19H22O6/c1-4-5-6-7-8-13-11-14(20)17(21)19(25-13)12-9-15(23-2)18(22)16(10-12)24-3/h9-11H,4-8H2,1-3H3. The van der Waals surface area contributed by atoms with Crippen molar-refractivity contribution >= 4 is 17.3 Å². The summed E-state index contributed by atoms with van der Waals surface area (Å²) in [4.78, 5) is 36.2. The monoisotopic (exact) mass is 346 g/mol. The minimum atomic E-state index is -0.750. The van der Waals surface area contributed by atoms with Crippen LogP contribution in [-0.2, 0) is 28.6 Å². The highest BCUT2D eigenvalue weighted by Gasteiger charge is 2.31. The Balaban J connectivity index is 2.31. The normalized spacial score (nSPS) is 17.7. The number of carbonyl (C=O) groups excluding carboxylic acids is 3. The Labute approximate surface area is 146 Å². The van der Waals surface area contributed by atoms with E-state index >= 15 is 0 Å². The molecule has 1 aliphatic heterocycles. The van der Waals surface area contributed by atoms with Gasteiger partial charge in [0.25, 0.3) is 11.6 Å². The predicted molar refractivity (Wildman–Crippen MR) is 90.2 cm³/mol. The molecule has 1 heterocycles. The number of allylic oxidation sites excluding steroid dienone is 6. The lowest BCUT2D eigenvalue weighted by Crippen LogP contribution is -2.24. The number of unbranched alkanes of at least 4 members (excludes halogenated alkanes) is 3. The summed E-state index contributed by atoms with van der Waals surface area (Å²) >= 11 is 0. The first-order valence-electron chi connectivity index (χ1n) is 8.29. The van der Waals surface area contributed by atoms with Crippen LogP contribution in [0.15, 0.2) is 46.8 Å². The van der Waals surface area contributed by atoms with Gasteiger partial charge < -0.3 is 14.2 Å². The van der Waals surface area contributed by atoms with Crippen molar-refractivity contribution in [3.05, 3.63) is 46.8 Å². The molecule has 6 nitrogen and oxygen atoms in total. The number of ether oxygens (including phenoxy) is 3. The van der Waals surface area contributed by atoms with E-state index in [2.05, 4.69) is 6.92 Å². The number of ketones is 3. The zero-order chi connectivity index (χ0) is 18.4. The van der Waals surface area contributed by atoms with Gasteiger partial charge in [-0.25, -0.2) is 0 Å². The van der Waals surface area contributed by atoms with Gasteiger partial charge in [-0.3, -0.25) is 14.4 Å². The van der Waals surface area contributed by atoms with Crippen molar-refractivity contribution in [1.82, 2.24) is 0 Å². The molecule has 0 atom stereocenters. The molecule has 0 spiro atoms. The van der Waals surface area contributed by atoms with Crippen molar-refractivity contribution in [2.45, 2.75) is 39.0 Å². The average molecular weight is 346 g/mol. The molecule has 2 aliphatic rings. The first-order valence-corrected chi connectivity index (χ1v) is 8.29. The van der Waals surface area contributed by atoms with Crippen LogP contribution in [0.2, 0.25) is 0 Å². The lowest BCUT2D eigenvalue weighted by atomic mass is 9.99. The summed E-state index contributed by atoms with van der Waals surface area (Å²) in [5, 5.41) is 0. The number of Topliss-reactive ketones (excluding diaryl/α,β-unsaturated/α-hetero) is 2. The number of rotatable bonds is 7. The van der Waals surface area contributed by atoms with Crippen LogP contribution in [0.5, 0.6) is 0 Å². The van der Waals surface area contributed by atoms with Gasteiger partial charge in [0.1, 0.15) is 5.76 Å². The Kier molecular flexibility index (Phi) is 6.33. The lowest BCUT2D eigenvalue weighted by Gasteiger charge is -2.20. The number of hydrogen-bond acceptors (Lipinski definition) is 6. The summed E-state index contributed by atoms with van der Waals surface area (Å²) in [7, 11) is 2.69. The van der Waals surface area contributed by atoms with E-state index in [1.807, 2.05) is 0 Å². The highest BCUT2D eigenvalue weighted by Crippen LogP contribution is 2.28. The van der Waals surface area contributed by atoms with Gasteiger partial charge in [-0.1, -0.05) is 26.2 Å². The van der Waals surface area contributed by atoms with E-state index in [1.165, 1.54) is 32.4 Å². The minimum Gasteiger partial charge on any atom is -0.492 e. The molecule has 134 valence electrons. The van der Waals surface area contributed by atoms with Gasteiger partial charge in [0.2, 0.25) is 5.78 Å². The molecular formula is C19H22O6. The molecule has 0 saturated heterocycles. The lowest BCUT2D eigenvalue weighted by molar-refractivity contribution is -0.134. The molecule has 2 rings (SSSR count). The molecule has 0 saturated carbocycles. The molecule has 0 unspecified atom stereocenters. The van der Waals surface area contributed by atoms with Gasteiger partial charge in [0, 0.05) is 18.1 Å². The molecular weight excluding hydrogens is 324 g/mol. The highest BCUT2D eigenvalue weighted by atomic mass is 16.5. The topological polar surface area (TPSA) is 78.9 Å². The zero-order valence-corrected chi connectivity index (χ0v) is 14.7. The van der Waals surface area contributed by atoms with Crippen molar-refractivity contribution in [3.8, 4) is 0 Å². The zero-order valence-electron chi connectivity index (χ0n) is 14.7. The maximum atomic E-state index is 12.2. The van der Waals surface area contributed by atoms with Crippen LogP contribution in [0.4, 0.5) is 0 Å². The Bertz CT molecular complexity index is 679. The van der Waals surface area contributed by atoms with Gasteiger partial charge in [0.05, 0.1) is 14.2 Å². The fourth-order valence-corrected chi connectivity index (χ4v) is 2.58. The summed E-state index contributed by atoms with van der Waals surface area (Å²) in [6.45, 7) is 2.12. The van der Waals surface area contributed by atoms with Gasteiger partial charge in [-0.2, -0.15) is 0 Å². The van der Waals surface area contributed by atoms with E-state index in [-0.39, 0.29) is 22.9 Å². The highest BCUT2D eigenvalue weighted by molar-refractivity contribution is 6.47. The van der Waals surface area contributed by atoms with Crippen molar-refractivity contribution in [2.75, 3.05) is 14.2 Å². The van der Waals surface area contributed by atoms with E-state index in [4.69, 9.17) is 14.2 Å². The second-order valence-corrected chi connectivity index (χ2v) is 5.76. The fourth-order valence-electron chi connectivity index (χ4n) is 2.58. The SMILES string of the molecule is CCCCCCC1=CC(=O)C(=O)C(=C2C=C(OC)C(=O)C(OC)=C2)O1. The van der Waals surface area contributed by atoms with Gasteiger partial charge in [0.15, 0.2) is 17.3 Å². The molecule has 25 heavy (non-hydrogen) atoms. The van der Waals surface area contributed by atoms with Crippen LogP contribution >= 0.6 is 0 Å². The quantitative estimate of drug-likeness (QED) is 0.401. The second kappa shape index (κ2) is 8.46. The Hall–Kier alpha value is -2.63. The van der Waals surface area contributed by atoms with E-state index in [1.54, 1.807) is 0 Å². The number of hydrogen-bond donors (Lipinski definition) is 0. The van der Waals surface area contributed by atoms with E-state index in [0.29, 0.717) is 12.2 Å². The average Bonchev–Trinajstić information content (AvgIpc) is 2.61. The van der Waals surface area contributed by atoms with Crippen molar-refractivity contribution in [1.29, 1.82) is 0 Å². The van der Waals surface area contributed by atoms with Crippen molar-refractivity contribution < 1.29 is 28.6 Å². The third-order valence-corrected chi connectivity index (χ3v) is 3.95. The second-order valence-electron chi connectivity index (χ2n) is 5.76. The molecule has 0 radical (unpaired) electrons. The first-order chi connectivity index (χ1) is 12.0. The molecule has 1 aliphatic carbocycles. The molecule has 0 aromatic heterocycles. The third-order valence-electron chi connectivity index (χ3n) is 3.95. The van der Waals surface area contributed by atoms with Crippen LogP contribution < -0.4 is 0 Å². The summed E-state index contributed by atoms with van der Waals surface area (Å²) in [6.07, 6.45) is 8.70. The predicted octanol–water partition coefficient (Wildman–Crippen LogP) is 2.91. The van der Waals surface area contributed by atoms with Crippen LogP contribution in [0.1, 0.15) is 39.0 Å². The summed E-state index contributed by atoms with van der Waals surface area (Å²) in [5.41, 5.74) is 0.283. The van der Waals surface area contributed by atoms with Crippen molar-refractivity contribution in [2.24, 2.45) is 0 Å². The van der Waals surface area contributed by atoms with Crippen LogP contribution in [-0.4, -0.2) is 31.6 Å². The first kappa shape index (κ1) is 18.7. The molecule has 0 N–H and O–H groups in total. The maximum Gasteiger partial charge on any atom is 0.268 e. The maximum absolute atomic E-state index is 12.2. The van der Waals surface area contributed by atoms with Gasteiger partial charge in [-0.15, -0.1) is 0 Å². The molecule has 0 aromatic carbocycles. The fraction of sp³-hybridized carbons (Fsp3) is 0.421. The Morgan fingerprint density at radius 3 is 2.08 bits per heavy atom. The molecule has 0 bridgehead atoms. The summed E-state index contributed by atoms with van der Waals surface area (Å²) < 4.78 is 15.7. The van der Waals surface area contributed by atoms with E-state index in [9.17, 15) is 14.4 Å². The molecule has 0 fully saturated rings.